The maximum Gasteiger partial charge on any atom is 0.0650 e. The normalized spacial score (nSPS) is 20.7. The first-order valence-corrected chi connectivity index (χ1v) is 3.30. The number of halogens is 2. The first-order valence-electron chi connectivity index (χ1n) is 5.13. The van der Waals surface area contributed by atoms with Crippen LogP contribution < -0.4 is 0 Å². The molecule has 0 bridgehead atoms. The van der Waals surface area contributed by atoms with E-state index in [-0.39, 0.29) is 21.1 Å². The highest BCUT2D eigenvalue weighted by Gasteiger charge is 1.92. The number of hydrogen-bond donors (Lipinski definition) is 0. The van der Waals surface area contributed by atoms with Gasteiger partial charge in [0.05, 0.1) is 4.11 Å². The van der Waals surface area contributed by atoms with Gasteiger partial charge >= 0.3 is 0 Å². The zero-order valence-electron chi connectivity index (χ0n) is 10.3. The van der Waals surface area contributed by atoms with Gasteiger partial charge in [-0.2, -0.15) is 0 Å². The summed E-state index contributed by atoms with van der Waals surface area (Å²) in [6, 6.07) is -1.18. The summed E-state index contributed by atoms with van der Waals surface area (Å²) in [7, 11) is 0. The average molecular weight is 212 g/mol. The SMILES string of the molecule is [2H]c1c([2H])c(C([2H])([2H])[2H])c(Br)c([2H])c1Cl. The van der Waals surface area contributed by atoms with E-state index in [0.29, 0.717) is 0 Å². The van der Waals surface area contributed by atoms with Gasteiger partial charge in [-0.05, 0) is 24.5 Å². The van der Waals surface area contributed by atoms with Crippen LogP contribution in [0.3, 0.4) is 0 Å². The van der Waals surface area contributed by atoms with Crippen molar-refractivity contribution in [3.8, 4) is 0 Å². The highest BCUT2D eigenvalue weighted by Crippen LogP contribution is 2.19. The van der Waals surface area contributed by atoms with Crippen LogP contribution in [0.5, 0.6) is 0 Å². The van der Waals surface area contributed by atoms with Crippen LogP contribution >= 0.6 is 27.5 Å². The van der Waals surface area contributed by atoms with Crippen molar-refractivity contribution < 1.29 is 8.22 Å². The predicted molar refractivity (Wildman–Crippen MR) is 43.9 cm³/mol. The van der Waals surface area contributed by atoms with Crippen molar-refractivity contribution in [1.29, 1.82) is 0 Å². The molecule has 0 aliphatic carbocycles. The van der Waals surface area contributed by atoms with Crippen LogP contribution in [0.4, 0.5) is 0 Å². The molecule has 0 fully saturated rings. The van der Waals surface area contributed by atoms with Crippen LogP contribution in [-0.4, -0.2) is 0 Å². The molecule has 0 atom stereocenters. The van der Waals surface area contributed by atoms with Crippen molar-refractivity contribution in [2.75, 3.05) is 0 Å². The summed E-state index contributed by atoms with van der Waals surface area (Å²) < 4.78 is 43.9. The van der Waals surface area contributed by atoms with E-state index in [1.807, 2.05) is 0 Å². The van der Waals surface area contributed by atoms with Gasteiger partial charge in [0.15, 0.2) is 0 Å². The van der Waals surface area contributed by atoms with E-state index in [1.54, 1.807) is 0 Å². The zero-order valence-corrected chi connectivity index (χ0v) is 6.60. The molecule has 0 nitrogen and oxygen atoms in total. The standard InChI is InChI=1S/C7H6BrCl/c1-5-2-3-6(9)4-7(5)8/h2-4H,1H3/i1D3,2D,3D,4D. The van der Waals surface area contributed by atoms with Crippen LogP contribution in [0.25, 0.3) is 0 Å². The minimum atomic E-state index is -2.54. The molecular weight excluding hydrogens is 199 g/mol. The molecule has 0 radical (unpaired) electrons. The summed E-state index contributed by atoms with van der Waals surface area (Å²) >= 11 is 8.52. The lowest BCUT2D eigenvalue weighted by Crippen LogP contribution is -1.72. The second kappa shape index (κ2) is 2.72. The van der Waals surface area contributed by atoms with Crippen LogP contribution in [0.2, 0.25) is 5.02 Å². The molecule has 9 heavy (non-hydrogen) atoms. The summed E-state index contributed by atoms with van der Waals surface area (Å²) in [4.78, 5) is 0. The molecule has 0 saturated carbocycles. The van der Waals surface area contributed by atoms with Gasteiger partial charge in [0.2, 0.25) is 0 Å². The highest BCUT2D eigenvalue weighted by molar-refractivity contribution is 9.10. The molecule has 0 spiro atoms. The maximum absolute atomic E-state index is 7.48. The first kappa shape index (κ1) is 2.55. The lowest BCUT2D eigenvalue weighted by Gasteiger charge is -1.95. The van der Waals surface area contributed by atoms with E-state index >= 15 is 0 Å². The molecule has 1 aromatic rings. The van der Waals surface area contributed by atoms with Gasteiger partial charge in [0.1, 0.15) is 0 Å². The van der Waals surface area contributed by atoms with E-state index in [9.17, 15) is 0 Å². The molecule has 0 aliphatic rings. The lowest BCUT2D eigenvalue weighted by atomic mass is 10.2. The van der Waals surface area contributed by atoms with Gasteiger partial charge in [-0.1, -0.05) is 33.6 Å². The Bertz CT molecular complexity index is 384. The molecular formula is C7H6BrCl. The molecule has 0 aliphatic heterocycles. The van der Waals surface area contributed by atoms with Crippen LogP contribution in [0.15, 0.2) is 22.6 Å². The fraction of sp³-hybridized carbons (Fsp3) is 0.143. The Labute approximate surface area is 76.4 Å². The third kappa shape index (κ3) is 1.70. The second-order valence-corrected chi connectivity index (χ2v) is 2.55. The van der Waals surface area contributed by atoms with Crippen molar-refractivity contribution in [2.45, 2.75) is 6.85 Å². The Balaban J connectivity index is 3.68. The average Bonchev–Trinajstić information content (AvgIpc) is 2.09. The van der Waals surface area contributed by atoms with Crippen molar-refractivity contribution >= 4 is 27.5 Å². The molecule has 48 valence electrons. The van der Waals surface area contributed by atoms with E-state index in [4.69, 9.17) is 19.8 Å². The molecule has 0 unspecified atom stereocenters. The summed E-state index contributed by atoms with van der Waals surface area (Å²) in [5.41, 5.74) is -0.345. The summed E-state index contributed by atoms with van der Waals surface area (Å²) in [5, 5.41) is -0.222. The fourth-order valence-electron chi connectivity index (χ4n) is 0.362. The third-order valence-corrected chi connectivity index (χ3v) is 1.52. The molecule has 1 rings (SSSR count). The molecule has 1 aromatic carbocycles. The molecule has 0 amide bonds. The fourth-order valence-corrected chi connectivity index (χ4v) is 0.916. The third-order valence-electron chi connectivity index (χ3n) is 0.736. The minimum Gasteiger partial charge on any atom is -0.0843 e. The van der Waals surface area contributed by atoms with Crippen LogP contribution in [-0.2, 0) is 0 Å². The smallest absolute Gasteiger partial charge is 0.0650 e. The quantitative estimate of drug-likeness (QED) is 0.617. The Morgan fingerprint density at radius 1 is 1.78 bits per heavy atom. The summed E-state index contributed by atoms with van der Waals surface area (Å²) in [5.74, 6) is 0. The van der Waals surface area contributed by atoms with Gasteiger partial charge in [-0.3, -0.25) is 0 Å². The zero-order chi connectivity index (χ0) is 12.0. The predicted octanol–water partition coefficient (Wildman–Crippen LogP) is 3.41. The molecule has 0 aromatic heterocycles. The summed E-state index contributed by atoms with van der Waals surface area (Å²) in [6.45, 7) is -2.54. The van der Waals surface area contributed by atoms with Gasteiger partial charge in [-0.15, -0.1) is 0 Å². The minimum absolute atomic E-state index is 0.0477. The van der Waals surface area contributed by atoms with Crippen molar-refractivity contribution in [1.82, 2.24) is 0 Å². The summed E-state index contributed by atoms with van der Waals surface area (Å²) in [6.07, 6.45) is 0. The number of rotatable bonds is 0. The van der Waals surface area contributed by atoms with Gasteiger partial charge in [0, 0.05) is 13.6 Å². The van der Waals surface area contributed by atoms with Gasteiger partial charge in [0.25, 0.3) is 0 Å². The van der Waals surface area contributed by atoms with E-state index in [0.717, 1.165) is 0 Å². The Morgan fingerprint density at radius 3 is 3.22 bits per heavy atom. The lowest BCUT2D eigenvalue weighted by molar-refractivity contribution is 1.43. The van der Waals surface area contributed by atoms with Crippen molar-refractivity contribution in [3.63, 3.8) is 0 Å². The molecule has 0 heterocycles. The largest absolute Gasteiger partial charge is 0.0843 e. The Morgan fingerprint density at radius 2 is 2.56 bits per heavy atom. The van der Waals surface area contributed by atoms with Crippen LogP contribution in [0, 0.1) is 6.85 Å². The van der Waals surface area contributed by atoms with Crippen molar-refractivity contribution in [3.05, 3.63) is 33.2 Å². The molecule has 0 saturated heterocycles. The van der Waals surface area contributed by atoms with Gasteiger partial charge in [-0.25, -0.2) is 0 Å². The number of benzene rings is 1. The van der Waals surface area contributed by atoms with E-state index in [2.05, 4.69) is 15.9 Å². The first-order chi connectivity index (χ1) is 6.68. The second-order valence-electron chi connectivity index (χ2n) is 1.38. The van der Waals surface area contributed by atoms with Gasteiger partial charge < -0.3 is 0 Å². The van der Waals surface area contributed by atoms with E-state index < -0.39 is 18.9 Å². The van der Waals surface area contributed by atoms with Crippen molar-refractivity contribution in [2.24, 2.45) is 0 Å². The van der Waals surface area contributed by atoms with Crippen LogP contribution in [0.1, 0.15) is 13.8 Å². The molecule has 0 N–H and O–H groups in total. The topological polar surface area (TPSA) is 0 Å². The molecule has 2 heteroatoms. The number of hydrogen-bond acceptors (Lipinski definition) is 0. The Hall–Kier alpha value is -0.0100. The van der Waals surface area contributed by atoms with E-state index in [1.165, 1.54) is 0 Å². The maximum atomic E-state index is 7.48. The Kier molecular flexibility index (Phi) is 0.771. The highest BCUT2D eigenvalue weighted by atomic mass is 79.9. The monoisotopic (exact) mass is 210 g/mol.